The lowest BCUT2D eigenvalue weighted by Crippen LogP contribution is -2.49. The van der Waals surface area contributed by atoms with Crippen molar-refractivity contribution in [1.82, 2.24) is 0 Å². The number of aliphatic hydroxyl groups is 1. The molecule has 4 aromatic carbocycles. The molecule has 2 atom stereocenters. The third-order valence-corrected chi connectivity index (χ3v) is 11.7. The van der Waals surface area contributed by atoms with Crippen molar-refractivity contribution in [3.8, 4) is 0 Å². The maximum atomic E-state index is 12.1. The fourth-order valence-electron chi connectivity index (χ4n) is 8.52. The molecule has 4 saturated carbocycles. The van der Waals surface area contributed by atoms with Crippen LogP contribution in [0.3, 0.4) is 0 Å². The third kappa shape index (κ3) is 5.29. The number of hydrogen-bond acceptors (Lipinski definition) is 3. The van der Waals surface area contributed by atoms with Crippen LogP contribution in [0.5, 0.6) is 0 Å². The van der Waals surface area contributed by atoms with Gasteiger partial charge in [0, 0.05) is 4.75 Å². The molecule has 0 spiro atoms. The highest BCUT2D eigenvalue weighted by molar-refractivity contribution is 8.01. The summed E-state index contributed by atoms with van der Waals surface area (Å²) in [5, 5.41) is 12.1. The van der Waals surface area contributed by atoms with Crippen LogP contribution >= 0.6 is 11.8 Å². The topological polar surface area (TPSA) is 29.5 Å². The first-order chi connectivity index (χ1) is 20.1. The van der Waals surface area contributed by atoms with E-state index in [4.69, 9.17) is 4.74 Å². The van der Waals surface area contributed by atoms with Gasteiger partial charge in [-0.15, -0.1) is 11.8 Å². The number of aliphatic hydroxyl groups excluding tert-OH is 1. The Hall–Kier alpha value is -2.85. The Morgan fingerprint density at radius 2 is 1.02 bits per heavy atom. The maximum Gasteiger partial charge on any atom is 0.143 e. The molecule has 0 amide bonds. The monoisotopic (exact) mass is 560 g/mol. The van der Waals surface area contributed by atoms with E-state index in [9.17, 15) is 5.11 Å². The van der Waals surface area contributed by atoms with Gasteiger partial charge in [0.2, 0.25) is 0 Å². The van der Waals surface area contributed by atoms with Gasteiger partial charge in [-0.05, 0) is 78.5 Å². The normalized spacial score (nSPS) is 26.5. The quantitative estimate of drug-likeness (QED) is 0.197. The zero-order valence-electron chi connectivity index (χ0n) is 23.6. The van der Waals surface area contributed by atoms with Crippen molar-refractivity contribution < 1.29 is 9.84 Å². The van der Waals surface area contributed by atoms with E-state index in [1.165, 1.54) is 44.1 Å². The molecule has 0 saturated heterocycles. The second-order valence-electron chi connectivity index (χ2n) is 12.7. The molecule has 4 bridgehead atoms. The van der Waals surface area contributed by atoms with Gasteiger partial charge < -0.3 is 9.84 Å². The average molecular weight is 561 g/mol. The molecule has 0 heterocycles. The van der Waals surface area contributed by atoms with E-state index in [2.05, 4.69) is 115 Å². The molecule has 8 rings (SSSR count). The maximum absolute atomic E-state index is 12.1. The number of hydrogen-bond donors (Lipinski definition) is 1. The minimum absolute atomic E-state index is 0.0347. The Kier molecular flexibility index (Phi) is 7.54. The molecular formula is C38H40O2S. The smallest absolute Gasteiger partial charge is 0.143 e. The highest BCUT2D eigenvalue weighted by Gasteiger charge is 2.52. The highest BCUT2D eigenvalue weighted by atomic mass is 32.2. The molecule has 0 aromatic heterocycles. The number of rotatable bonds is 10. The predicted octanol–water partition coefficient (Wildman–Crippen LogP) is 8.80. The summed E-state index contributed by atoms with van der Waals surface area (Å²) >= 11 is 2.07. The van der Waals surface area contributed by atoms with E-state index in [-0.39, 0.29) is 16.6 Å². The second kappa shape index (κ2) is 11.4. The zero-order chi connectivity index (χ0) is 27.7. The zero-order valence-corrected chi connectivity index (χ0v) is 24.5. The Labute approximate surface area is 249 Å². The molecule has 1 N–H and O–H groups in total. The Balaban J connectivity index is 1.24. The fourth-order valence-corrected chi connectivity index (χ4v) is 10.6. The first-order valence-corrected chi connectivity index (χ1v) is 16.2. The first-order valence-electron chi connectivity index (χ1n) is 15.3. The van der Waals surface area contributed by atoms with Gasteiger partial charge in [0.15, 0.2) is 0 Å². The van der Waals surface area contributed by atoms with Crippen LogP contribution in [0.1, 0.15) is 66.0 Å². The molecule has 4 fully saturated rings. The van der Waals surface area contributed by atoms with E-state index in [1.54, 1.807) is 0 Å². The number of thioether (sulfide) groups is 1. The van der Waals surface area contributed by atoms with Gasteiger partial charge in [-0.3, -0.25) is 0 Å². The van der Waals surface area contributed by atoms with Crippen molar-refractivity contribution in [3.05, 3.63) is 144 Å². The molecule has 3 heteroatoms. The fraction of sp³-hybridized carbons (Fsp3) is 0.368. The molecule has 4 aromatic rings. The van der Waals surface area contributed by atoms with Crippen molar-refractivity contribution in [2.24, 2.45) is 17.8 Å². The van der Waals surface area contributed by atoms with Crippen molar-refractivity contribution in [3.63, 3.8) is 0 Å². The van der Waals surface area contributed by atoms with Crippen molar-refractivity contribution in [2.75, 3.05) is 6.61 Å². The van der Waals surface area contributed by atoms with Gasteiger partial charge >= 0.3 is 0 Å². The van der Waals surface area contributed by atoms with Gasteiger partial charge in [-0.1, -0.05) is 121 Å². The van der Waals surface area contributed by atoms with E-state index in [1.807, 2.05) is 18.2 Å². The summed E-state index contributed by atoms with van der Waals surface area (Å²) in [5.74, 6) is 2.63. The lowest BCUT2D eigenvalue weighted by Gasteiger charge is -2.57. The standard InChI is InChI=1S/C38H40O2S/c39-35(36(31-13-5-1-6-14-31)41-37-24-28-21-29(25-37)23-30(22-28)26-37)27-40-38(32-15-7-2-8-16-32,33-17-9-3-10-18-33)34-19-11-4-12-20-34/h1-20,28-30,35-36,39H,21-27H2/t28?,29?,30?,35-,36+,37?/m0/s1. The number of ether oxygens (including phenoxy) is 1. The van der Waals surface area contributed by atoms with E-state index in [0.29, 0.717) is 0 Å². The Morgan fingerprint density at radius 3 is 1.44 bits per heavy atom. The van der Waals surface area contributed by atoms with Crippen LogP contribution in [0, 0.1) is 17.8 Å². The van der Waals surface area contributed by atoms with Crippen molar-refractivity contribution in [1.29, 1.82) is 0 Å². The van der Waals surface area contributed by atoms with Crippen LogP contribution in [0.25, 0.3) is 0 Å². The minimum atomic E-state index is -0.836. The van der Waals surface area contributed by atoms with E-state index < -0.39 is 11.7 Å². The van der Waals surface area contributed by atoms with Gasteiger partial charge in [-0.25, -0.2) is 0 Å². The van der Waals surface area contributed by atoms with Crippen LogP contribution < -0.4 is 0 Å². The van der Waals surface area contributed by atoms with E-state index >= 15 is 0 Å². The summed E-state index contributed by atoms with van der Waals surface area (Å²) in [6.07, 6.45) is 7.55. The number of benzene rings is 4. The predicted molar refractivity (Wildman–Crippen MR) is 169 cm³/mol. The molecule has 2 nitrogen and oxygen atoms in total. The lowest BCUT2D eigenvalue weighted by molar-refractivity contribution is -0.0388. The van der Waals surface area contributed by atoms with Crippen LogP contribution in [-0.4, -0.2) is 22.6 Å². The molecule has 4 aliphatic carbocycles. The summed E-state index contributed by atoms with van der Waals surface area (Å²) in [6, 6.07) is 42.1. The van der Waals surface area contributed by atoms with Crippen molar-refractivity contribution >= 4 is 11.8 Å². The average Bonchev–Trinajstić information content (AvgIpc) is 3.01. The first kappa shape index (κ1) is 27.0. The summed E-state index contributed by atoms with van der Waals surface area (Å²) < 4.78 is 7.39. The van der Waals surface area contributed by atoms with Gasteiger partial charge in [0.05, 0.1) is 18.0 Å². The summed E-state index contributed by atoms with van der Waals surface area (Å²) in [7, 11) is 0. The molecule has 41 heavy (non-hydrogen) atoms. The summed E-state index contributed by atoms with van der Waals surface area (Å²) in [6.45, 7) is 0.234. The summed E-state index contributed by atoms with van der Waals surface area (Å²) in [4.78, 5) is 0. The largest absolute Gasteiger partial charge is 0.389 e. The van der Waals surface area contributed by atoms with Gasteiger partial charge in [0.25, 0.3) is 0 Å². The third-order valence-electron chi connectivity index (χ3n) is 9.85. The summed E-state index contributed by atoms with van der Waals surface area (Å²) in [5.41, 5.74) is 3.56. The van der Waals surface area contributed by atoms with E-state index in [0.717, 1.165) is 34.4 Å². The van der Waals surface area contributed by atoms with Crippen LogP contribution in [0.4, 0.5) is 0 Å². The molecular weight excluding hydrogens is 520 g/mol. The lowest BCUT2D eigenvalue weighted by atomic mass is 9.56. The molecule has 4 aliphatic rings. The van der Waals surface area contributed by atoms with Crippen LogP contribution in [0.2, 0.25) is 0 Å². The van der Waals surface area contributed by atoms with Crippen LogP contribution in [-0.2, 0) is 10.3 Å². The van der Waals surface area contributed by atoms with Crippen LogP contribution in [0.15, 0.2) is 121 Å². The van der Waals surface area contributed by atoms with Crippen molar-refractivity contribution in [2.45, 2.75) is 60.2 Å². The molecule has 0 radical (unpaired) electrons. The van der Waals surface area contributed by atoms with Gasteiger partial charge in [0.1, 0.15) is 5.60 Å². The molecule has 210 valence electrons. The SMILES string of the molecule is O[C@@H](COC(c1ccccc1)(c1ccccc1)c1ccccc1)[C@H](SC12CC3CC(CC(C3)C1)C2)c1ccccc1. The Morgan fingerprint density at radius 1 is 0.634 bits per heavy atom. The minimum Gasteiger partial charge on any atom is -0.389 e. The molecule has 0 aliphatic heterocycles. The highest BCUT2D eigenvalue weighted by Crippen LogP contribution is 2.63. The molecule has 0 unspecified atom stereocenters. The van der Waals surface area contributed by atoms with Gasteiger partial charge in [-0.2, -0.15) is 0 Å². The second-order valence-corrected chi connectivity index (χ2v) is 14.3. The Bertz CT molecular complexity index is 1270.